The Bertz CT molecular complexity index is 513. The van der Waals surface area contributed by atoms with Crippen LogP contribution in [0.15, 0.2) is 18.2 Å². The number of piperidine rings is 1. The quantitative estimate of drug-likeness (QED) is 0.416. The molecule has 4 nitrogen and oxygen atoms in total. The molecule has 1 heterocycles. The molecule has 2 rings (SSSR count). The fraction of sp³-hybridized carbons (Fsp3) is 0.542. The molecular weight excluding hydrogens is 389 g/mol. The molecule has 1 amide bonds. The average molecular weight is 434 g/mol. The maximum atomic E-state index is 12.6. The third-order valence-electron chi connectivity index (χ3n) is 3.40. The molecule has 1 aliphatic heterocycles. The van der Waals surface area contributed by atoms with Crippen LogP contribution in [-0.2, 0) is 16.1 Å². The largest absolute Gasteiger partial charge is 1.00 e. The molecular formula is C24H44KNO3-2. The van der Waals surface area contributed by atoms with Gasteiger partial charge in [0.15, 0.2) is 0 Å². The van der Waals surface area contributed by atoms with Gasteiger partial charge in [-0.25, -0.2) is 0 Å². The van der Waals surface area contributed by atoms with Gasteiger partial charge in [-0.1, -0.05) is 65.7 Å². The smallest absolute Gasteiger partial charge is 0.461 e. The summed E-state index contributed by atoms with van der Waals surface area (Å²) in [7, 11) is 0. The predicted octanol–water partition coefficient (Wildman–Crippen LogP) is 3.48. The monoisotopic (exact) mass is 433 g/mol. The summed E-state index contributed by atoms with van der Waals surface area (Å²) >= 11 is 0. The standard InChI is InChI=1S/C16H20NO3.3C2H6.2CH3.K/c1-12-6-7-14(11-20-13(2)18)15(10-12)16(19)17-8-4-3-5-9-17;3*1-2;;;/h4,6-7,10H,3,5,8-9,11H2,1-2H3;3*1-2H3;2*1H3;/q-1;;;;2*-1;+1. The van der Waals surface area contributed by atoms with Gasteiger partial charge in [-0.15, -0.1) is 6.54 Å². The Kier molecular flexibility index (Phi) is 35.0. The molecule has 0 N–H and O–H groups in total. The number of esters is 1. The Morgan fingerprint density at radius 2 is 1.62 bits per heavy atom. The van der Waals surface area contributed by atoms with Gasteiger partial charge < -0.3 is 30.9 Å². The molecule has 0 bridgehead atoms. The SMILES string of the molecule is CC.CC.CC.CC(=O)OCc1ccc(C)cc1C(=O)N1C[CH-]CCC1.[CH3-].[CH3-].[K+]. The Morgan fingerprint density at radius 3 is 2.07 bits per heavy atom. The molecule has 1 aromatic rings. The van der Waals surface area contributed by atoms with Crippen LogP contribution in [0.2, 0.25) is 0 Å². The maximum absolute atomic E-state index is 12.6. The fourth-order valence-corrected chi connectivity index (χ4v) is 2.31. The minimum Gasteiger partial charge on any atom is -0.461 e. The van der Waals surface area contributed by atoms with Crippen molar-refractivity contribution >= 4 is 11.9 Å². The van der Waals surface area contributed by atoms with Gasteiger partial charge in [0.05, 0.1) is 0 Å². The van der Waals surface area contributed by atoms with Crippen LogP contribution in [0.4, 0.5) is 0 Å². The van der Waals surface area contributed by atoms with Crippen LogP contribution >= 0.6 is 0 Å². The van der Waals surface area contributed by atoms with Gasteiger partial charge >= 0.3 is 57.4 Å². The average Bonchev–Trinajstić information content (AvgIpc) is 2.71. The molecule has 1 saturated heterocycles. The van der Waals surface area contributed by atoms with Crippen molar-refractivity contribution in [2.75, 3.05) is 13.1 Å². The predicted molar refractivity (Wildman–Crippen MR) is 123 cm³/mol. The molecule has 5 heteroatoms. The van der Waals surface area contributed by atoms with Crippen LogP contribution in [0.25, 0.3) is 0 Å². The molecule has 0 saturated carbocycles. The van der Waals surface area contributed by atoms with Crippen molar-refractivity contribution in [2.45, 2.75) is 74.8 Å². The molecule has 0 radical (unpaired) electrons. The molecule has 166 valence electrons. The van der Waals surface area contributed by atoms with E-state index in [-0.39, 0.29) is 84.7 Å². The molecule has 0 atom stereocenters. The number of rotatable bonds is 3. The molecule has 0 aliphatic carbocycles. The molecule has 1 aliphatic rings. The third kappa shape index (κ3) is 16.2. The number of likely N-dealkylation sites (tertiary alicyclic amines) is 1. The van der Waals surface area contributed by atoms with E-state index in [0.29, 0.717) is 12.1 Å². The molecule has 29 heavy (non-hydrogen) atoms. The van der Waals surface area contributed by atoms with Gasteiger partial charge in [-0.2, -0.15) is 6.42 Å². The van der Waals surface area contributed by atoms with Gasteiger partial charge in [0, 0.05) is 24.6 Å². The third-order valence-corrected chi connectivity index (χ3v) is 3.40. The van der Waals surface area contributed by atoms with Gasteiger partial charge in [-0.05, 0) is 13.0 Å². The molecule has 0 unspecified atom stereocenters. The zero-order valence-corrected chi connectivity index (χ0v) is 24.1. The minimum atomic E-state index is -0.338. The van der Waals surface area contributed by atoms with Crippen LogP contribution in [0.3, 0.4) is 0 Å². The van der Waals surface area contributed by atoms with Gasteiger partial charge in [-0.3, -0.25) is 9.59 Å². The van der Waals surface area contributed by atoms with Gasteiger partial charge in [0.25, 0.3) is 5.91 Å². The Hall–Kier alpha value is -0.204. The first-order valence-electron chi connectivity index (χ1n) is 9.92. The number of hydrogen-bond acceptors (Lipinski definition) is 3. The normalized spacial score (nSPS) is 11.0. The summed E-state index contributed by atoms with van der Waals surface area (Å²) in [6.45, 7) is 17.0. The van der Waals surface area contributed by atoms with E-state index in [9.17, 15) is 9.59 Å². The summed E-state index contributed by atoms with van der Waals surface area (Å²) in [6, 6.07) is 5.66. The van der Waals surface area contributed by atoms with E-state index in [2.05, 4.69) is 6.42 Å². The number of aryl methyl sites for hydroxylation is 1. The Balaban J connectivity index is -0.000000196. The second kappa shape index (κ2) is 25.8. The van der Waals surface area contributed by atoms with E-state index in [1.807, 2.05) is 71.6 Å². The summed E-state index contributed by atoms with van der Waals surface area (Å²) < 4.78 is 5.03. The summed E-state index contributed by atoms with van der Waals surface area (Å²) in [5, 5.41) is 0. The number of nitrogens with zero attached hydrogens (tertiary/aromatic N) is 1. The van der Waals surface area contributed by atoms with E-state index in [1.165, 1.54) is 6.92 Å². The topological polar surface area (TPSA) is 46.6 Å². The van der Waals surface area contributed by atoms with Crippen molar-refractivity contribution in [1.29, 1.82) is 0 Å². The first-order valence-corrected chi connectivity index (χ1v) is 9.92. The maximum Gasteiger partial charge on any atom is 1.00 e. The number of benzene rings is 1. The zero-order chi connectivity index (χ0) is 20.5. The zero-order valence-electron chi connectivity index (χ0n) is 21.0. The van der Waals surface area contributed by atoms with Crippen LogP contribution in [0.5, 0.6) is 0 Å². The van der Waals surface area contributed by atoms with Crippen molar-refractivity contribution in [3.63, 3.8) is 0 Å². The van der Waals surface area contributed by atoms with E-state index in [0.717, 1.165) is 30.5 Å². The minimum absolute atomic E-state index is 0. The summed E-state index contributed by atoms with van der Waals surface area (Å²) in [5.74, 6) is -0.318. The molecule has 1 fully saturated rings. The number of hydrogen-bond donors (Lipinski definition) is 0. The van der Waals surface area contributed by atoms with Crippen molar-refractivity contribution in [2.24, 2.45) is 0 Å². The first-order chi connectivity index (χ1) is 12.6. The van der Waals surface area contributed by atoms with Crippen molar-refractivity contribution in [3.05, 3.63) is 56.2 Å². The molecule has 0 spiro atoms. The second-order valence-electron chi connectivity index (χ2n) is 5.12. The van der Waals surface area contributed by atoms with Crippen LogP contribution in [0.1, 0.15) is 82.8 Å². The second-order valence-corrected chi connectivity index (χ2v) is 5.12. The summed E-state index contributed by atoms with van der Waals surface area (Å²) in [6.07, 6.45) is 4.21. The Labute approximate surface area is 224 Å². The van der Waals surface area contributed by atoms with Crippen LogP contribution in [0, 0.1) is 28.2 Å². The van der Waals surface area contributed by atoms with Crippen molar-refractivity contribution in [3.8, 4) is 0 Å². The number of carbonyl (C=O) groups excluding carboxylic acids is 2. The number of amides is 1. The van der Waals surface area contributed by atoms with E-state index in [1.54, 1.807) is 0 Å². The fourth-order valence-electron chi connectivity index (χ4n) is 2.31. The van der Waals surface area contributed by atoms with Gasteiger partial charge in [0.1, 0.15) is 6.61 Å². The van der Waals surface area contributed by atoms with Crippen LogP contribution < -0.4 is 51.4 Å². The van der Waals surface area contributed by atoms with E-state index in [4.69, 9.17) is 4.74 Å². The molecule has 0 aromatic heterocycles. The van der Waals surface area contributed by atoms with Crippen molar-refractivity contribution < 1.29 is 65.7 Å². The van der Waals surface area contributed by atoms with Crippen molar-refractivity contribution in [1.82, 2.24) is 4.90 Å². The van der Waals surface area contributed by atoms with Crippen LogP contribution in [-0.4, -0.2) is 29.9 Å². The Morgan fingerprint density at radius 1 is 1.07 bits per heavy atom. The van der Waals surface area contributed by atoms with E-state index < -0.39 is 0 Å². The number of carbonyl (C=O) groups is 2. The number of ether oxygens (including phenoxy) is 1. The molecule has 1 aromatic carbocycles. The summed E-state index contributed by atoms with van der Waals surface area (Å²) in [5.41, 5.74) is 2.43. The first kappa shape index (κ1) is 39.3. The van der Waals surface area contributed by atoms with E-state index >= 15 is 0 Å². The van der Waals surface area contributed by atoms with Gasteiger partial charge in [0.2, 0.25) is 0 Å². The summed E-state index contributed by atoms with van der Waals surface area (Å²) in [4.78, 5) is 25.4.